The van der Waals surface area contributed by atoms with Crippen LogP contribution in [0.15, 0.2) is 36.4 Å². The molecule has 2 N–H and O–H groups in total. The zero-order chi connectivity index (χ0) is 16.2. The Morgan fingerprint density at radius 2 is 2.17 bits per heavy atom. The van der Waals surface area contributed by atoms with Gasteiger partial charge in [-0.2, -0.15) is 5.10 Å². The Labute approximate surface area is 135 Å². The van der Waals surface area contributed by atoms with E-state index >= 15 is 0 Å². The second-order valence-electron chi connectivity index (χ2n) is 5.82. The van der Waals surface area contributed by atoms with Gasteiger partial charge in [0.15, 0.2) is 5.82 Å². The summed E-state index contributed by atoms with van der Waals surface area (Å²) in [6.07, 6.45) is 0. The molecule has 120 valence electrons. The molecule has 0 saturated carbocycles. The Morgan fingerprint density at radius 1 is 1.30 bits per heavy atom. The van der Waals surface area contributed by atoms with Crippen molar-refractivity contribution >= 4 is 17.4 Å². The molecule has 2 aromatic rings. The molecule has 6 heteroatoms. The third-order valence-electron chi connectivity index (χ3n) is 3.94. The van der Waals surface area contributed by atoms with Crippen LogP contribution in [0.2, 0.25) is 0 Å². The van der Waals surface area contributed by atoms with Gasteiger partial charge in [-0.05, 0) is 44.2 Å². The van der Waals surface area contributed by atoms with Gasteiger partial charge in [0, 0.05) is 36.9 Å². The minimum atomic E-state index is 0.0673. The van der Waals surface area contributed by atoms with Gasteiger partial charge < -0.3 is 15.5 Å². The van der Waals surface area contributed by atoms with Gasteiger partial charge in [-0.1, -0.05) is 6.07 Å². The van der Waals surface area contributed by atoms with Gasteiger partial charge in [0.2, 0.25) is 0 Å². The first kappa shape index (κ1) is 15.4. The average Bonchev–Trinajstić information content (AvgIpc) is 2.57. The second kappa shape index (κ2) is 6.75. The minimum absolute atomic E-state index is 0.0673. The molecule has 1 saturated heterocycles. The summed E-state index contributed by atoms with van der Waals surface area (Å²) in [6.45, 7) is 6.37. The van der Waals surface area contributed by atoms with Crippen LogP contribution in [0.5, 0.6) is 0 Å². The number of anilines is 2. The molecule has 1 atom stereocenters. The summed E-state index contributed by atoms with van der Waals surface area (Å²) in [6, 6.07) is 11.5. The van der Waals surface area contributed by atoms with E-state index in [9.17, 15) is 4.79 Å². The minimum Gasteiger partial charge on any atom is -0.339 e. The number of hydrogen-bond donors (Lipinski definition) is 2. The van der Waals surface area contributed by atoms with E-state index in [1.807, 2.05) is 48.2 Å². The number of carbonyl (C=O) groups is 1. The lowest BCUT2D eigenvalue weighted by molar-refractivity contribution is 0.0656. The van der Waals surface area contributed by atoms with Gasteiger partial charge in [0.25, 0.3) is 5.91 Å². The van der Waals surface area contributed by atoms with Crippen LogP contribution in [0.25, 0.3) is 0 Å². The molecule has 3 rings (SSSR count). The third kappa shape index (κ3) is 3.65. The molecule has 1 aliphatic heterocycles. The lowest BCUT2D eigenvalue weighted by Gasteiger charge is -2.34. The summed E-state index contributed by atoms with van der Waals surface area (Å²) >= 11 is 0. The Morgan fingerprint density at radius 3 is 2.91 bits per heavy atom. The number of aryl methyl sites for hydroxylation is 1. The van der Waals surface area contributed by atoms with E-state index in [4.69, 9.17) is 0 Å². The zero-order valence-electron chi connectivity index (χ0n) is 13.4. The number of piperazine rings is 1. The SMILES string of the molecule is Cc1ccc(Nc2cccc(C(=O)N3CCNC[C@H]3C)c2)nn1. The van der Waals surface area contributed by atoms with Crippen molar-refractivity contribution in [2.45, 2.75) is 19.9 Å². The van der Waals surface area contributed by atoms with Crippen molar-refractivity contribution in [2.24, 2.45) is 0 Å². The lowest BCUT2D eigenvalue weighted by Crippen LogP contribution is -2.52. The molecular weight excluding hydrogens is 290 g/mol. The number of hydrogen-bond acceptors (Lipinski definition) is 5. The Balaban J connectivity index is 1.76. The molecule has 0 bridgehead atoms. The Bertz CT molecular complexity index is 686. The maximum atomic E-state index is 12.7. The number of nitrogens with zero attached hydrogens (tertiary/aromatic N) is 3. The fraction of sp³-hybridized carbons (Fsp3) is 0.353. The first-order chi connectivity index (χ1) is 11.1. The molecule has 6 nitrogen and oxygen atoms in total. The maximum absolute atomic E-state index is 12.7. The number of aromatic nitrogens is 2. The molecule has 23 heavy (non-hydrogen) atoms. The number of nitrogens with one attached hydrogen (secondary N) is 2. The smallest absolute Gasteiger partial charge is 0.254 e. The molecule has 1 aliphatic rings. The van der Waals surface area contributed by atoms with Gasteiger partial charge in [-0.3, -0.25) is 4.79 Å². The molecule has 0 unspecified atom stereocenters. The Kier molecular flexibility index (Phi) is 4.52. The van der Waals surface area contributed by atoms with Gasteiger partial charge >= 0.3 is 0 Å². The highest BCUT2D eigenvalue weighted by Crippen LogP contribution is 2.18. The lowest BCUT2D eigenvalue weighted by atomic mass is 10.1. The van der Waals surface area contributed by atoms with Gasteiger partial charge in [0.05, 0.1) is 5.69 Å². The largest absolute Gasteiger partial charge is 0.339 e. The van der Waals surface area contributed by atoms with E-state index in [1.54, 1.807) is 0 Å². The van der Waals surface area contributed by atoms with Crippen LogP contribution in [-0.4, -0.2) is 46.7 Å². The molecule has 1 aromatic heterocycles. The standard InChI is InChI=1S/C17H21N5O/c1-12-6-7-16(21-20-12)19-15-5-3-4-14(10-15)17(23)22-9-8-18-11-13(22)2/h3-7,10,13,18H,8-9,11H2,1-2H3,(H,19,21)/t13-/m1/s1. The van der Waals surface area contributed by atoms with E-state index in [1.165, 1.54) is 0 Å². The zero-order valence-corrected chi connectivity index (χ0v) is 13.4. The summed E-state index contributed by atoms with van der Waals surface area (Å²) in [5, 5.41) is 14.6. The molecule has 0 aliphatic carbocycles. The summed E-state index contributed by atoms with van der Waals surface area (Å²) in [7, 11) is 0. The average molecular weight is 311 g/mol. The second-order valence-corrected chi connectivity index (χ2v) is 5.82. The summed E-state index contributed by atoms with van der Waals surface area (Å²) in [4.78, 5) is 14.6. The van der Waals surface area contributed by atoms with Crippen LogP contribution < -0.4 is 10.6 Å². The van der Waals surface area contributed by atoms with E-state index in [-0.39, 0.29) is 11.9 Å². The van der Waals surface area contributed by atoms with E-state index in [0.29, 0.717) is 11.4 Å². The molecule has 1 amide bonds. The van der Waals surface area contributed by atoms with Crippen LogP contribution >= 0.6 is 0 Å². The van der Waals surface area contributed by atoms with Crippen molar-refractivity contribution in [1.82, 2.24) is 20.4 Å². The fourth-order valence-corrected chi connectivity index (χ4v) is 2.65. The normalized spacial score (nSPS) is 17.8. The first-order valence-corrected chi connectivity index (χ1v) is 7.82. The number of carbonyl (C=O) groups excluding carboxylic acids is 1. The monoisotopic (exact) mass is 311 g/mol. The summed E-state index contributed by atoms with van der Waals surface area (Å²) in [5.74, 6) is 0.730. The molecular formula is C17H21N5O. The van der Waals surface area contributed by atoms with Gasteiger partial charge in [0.1, 0.15) is 0 Å². The first-order valence-electron chi connectivity index (χ1n) is 7.82. The van der Waals surface area contributed by atoms with Crippen LogP contribution in [0.3, 0.4) is 0 Å². The third-order valence-corrected chi connectivity index (χ3v) is 3.94. The molecule has 1 aromatic carbocycles. The van der Waals surface area contributed by atoms with Crippen molar-refractivity contribution in [3.63, 3.8) is 0 Å². The molecule has 0 radical (unpaired) electrons. The van der Waals surface area contributed by atoms with E-state index in [0.717, 1.165) is 31.0 Å². The Hall–Kier alpha value is -2.47. The predicted octanol–water partition coefficient (Wildman–Crippen LogP) is 1.96. The highest BCUT2D eigenvalue weighted by molar-refractivity contribution is 5.95. The van der Waals surface area contributed by atoms with Crippen LogP contribution in [0.4, 0.5) is 11.5 Å². The van der Waals surface area contributed by atoms with E-state index in [2.05, 4.69) is 27.8 Å². The maximum Gasteiger partial charge on any atom is 0.254 e. The topological polar surface area (TPSA) is 70.2 Å². The number of rotatable bonds is 3. The van der Waals surface area contributed by atoms with Crippen LogP contribution in [-0.2, 0) is 0 Å². The fourth-order valence-electron chi connectivity index (χ4n) is 2.65. The van der Waals surface area contributed by atoms with Crippen molar-refractivity contribution in [3.05, 3.63) is 47.7 Å². The quantitative estimate of drug-likeness (QED) is 0.907. The summed E-state index contributed by atoms with van der Waals surface area (Å²) < 4.78 is 0. The predicted molar refractivity (Wildman–Crippen MR) is 89.9 cm³/mol. The molecule has 1 fully saturated rings. The number of amides is 1. The van der Waals surface area contributed by atoms with Crippen molar-refractivity contribution in [3.8, 4) is 0 Å². The molecule has 0 spiro atoms. The molecule has 2 heterocycles. The van der Waals surface area contributed by atoms with Gasteiger partial charge in [-0.25, -0.2) is 0 Å². The highest BCUT2D eigenvalue weighted by atomic mass is 16.2. The van der Waals surface area contributed by atoms with Crippen LogP contribution in [0.1, 0.15) is 23.0 Å². The van der Waals surface area contributed by atoms with E-state index < -0.39 is 0 Å². The van der Waals surface area contributed by atoms with Crippen molar-refractivity contribution in [1.29, 1.82) is 0 Å². The van der Waals surface area contributed by atoms with Crippen LogP contribution in [0, 0.1) is 6.92 Å². The van der Waals surface area contributed by atoms with Crippen molar-refractivity contribution in [2.75, 3.05) is 25.0 Å². The number of benzene rings is 1. The summed E-state index contributed by atoms with van der Waals surface area (Å²) in [5.41, 5.74) is 2.38. The van der Waals surface area contributed by atoms with Crippen molar-refractivity contribution < 1.29 is 4.79 Å². The highest BCUT2D eigenvalue weighted by Gasteiger charge is 2.24. The van der Waals surface area contributed by atoms with Gasteiger partial charge in [-0.15, -0.1) is 5.10 Å².